The number of aryl methyl sites for hydroxylation is 1. The van der Waals surface area contributed by atoms with E-state index >= 15 is 0 Å². The third kappa shape index (κ3) is 4.26. The Morgan fingerprint density at radius 2 is 1.46 bits per heavy atom. The van der Waals surface area contributed by atoms with E-state index in [0.717, 1.165) is 42.9 Å². The first-order valence-electron chi connectivity index (χ1n) is 13.6. The van der Waals surface area contributed by atoms with Gasteiger partial charge in [0.15, 0.2) is 0 Å². The van der Waals surface area contributed by atoms with Crippen molar-refractivity contribution in [3.63, 3.8) is 0 Å². The average Bonchev–Trinajstić information content (AvgIpc) is 2.98. The first-order chi connectivity index (χ1) is 16.3. The molecule has 1 spiro atoms. The Morgan fingerprint density at radius 1 is 0.971 bits per heavy atom. The number of nitriles is 1. The second-order valence-corrected chi connectivity index (χ2v) is 19.7. The summed E-state index contributed by atoms with van der Waals surface area (Å²) in [6.45, 7) is 20.0. The number of sulfonamides is 1. The van der Waals surface area contributed by atoms with Crippen molar-refractivity contribution in [3.8, 4) is 6.07 Å². The second-order valence-electron chi connectivity index (χ2n) is 12.0. The van der Waals surface area contributed by atoms with E-state index in [1.807, 2.05) is 23.4 Å². The van der Waals surface area contributed by atoms with Crippen LogP contribution >= 0.6 is 0 Å². The van der Waals surface area contributed by atoms with Gasteiger partial charge in [-0.2, -0.15) is 9.57 Å². The number of benzene rings is 1. The van der Waals surface area contributed by atoms with E-state index in [9.17, 15) is 13.7 Å². The Bertz CT molecular complexity index is 1070. The second kappa shape index (κ2) is 10.1. The van der Waals surface area contributed by atoms with Gasteiger partial charge in [0.1, 0.15) is 8.07 Å². The fraction of sp³-hybridized carbons (Fsp3) is 0.690. The van der Waals surface area contributed by atoms with Crippen LogP contribution in [0.4, 0.5) is 0 Å². The number of nitrogens with zero attached hydrogens (tertiary/aromatic N) is 2. The predicted molar refractivity (Wildman–Crippen MR) is 148 cm³/mol. The summed E-state index contributed by atoms with van der Waals surface area (Å²) in [6, 6.07) is 9.88. The fourth-order valence-electron chi connectivity index (χ4n) is 7.99. The highest BCUT2D eigenvalue weighted by molar-refractivity contribution is 7.89. The van der Waals surface area contributed by atoms with Crippen molar-refractivity contribution in [3.05, 3.63) is 40.6 Å². The highest BCUT2D eigenvalue weighted by Gasteiger charge is 2.60. The SMILES string of the molecule is Cc1ccc(S(=O)(=O)N2[C@@H](C)[C@H](C)/C(=C(/C#N)[Si](C(C)C)(C(C)C)C(C)C)C23CCCCC3)cc1. The Hall–Kier alpha value is -1.42. The van der Waals surface area contributed by atoms with Crippen molar-refractivity contribution in [2.75, 3.05) is 0 Å². The van der Waals surface area contributed by atoms with E-state index in [2.05, 4.69) is 61.5 Å². The Labute approximate surface area is 215 Å². The predicted octanol–water partition coefficient (Wildman–Crippen LogP) is 7.77. The lowest BCUT2D eigenvalue weighted by atomic mass is 9.75. The zero-order chi connectivity index (χ0) is 26.3. The van der Waals surface area contributed by atoms with Crippen LogP contribution in [-0.2, 0) is 10.0 Å². The maximum absolute atomic E-state index is 14.3. The van der Waals surface area contributed by atoms with Crippen molar-refractivity contribution >= 4 is 18.1 Å². The molecule has 6 heteroatoms. The summed E-state index contributed by atoms with van der Waals surface area (Å²) in [5, 5.41) is 11.9. The molecule has 1 aromatic carbocycles. The molecule has 1 aromatic rings. The van der Waals surface area contributed by atoms with Gasteiger partial charge in [-0.15, -0.1) is 0 Å². The molecule has 1 heterocycles. The fourth-order valence-corrected chi connectivity index (χ4v) is 16.9. The van der Waals surface area contributed by atoms with Gasteiger partial charge in [0.25, 0.3) is 0 Å². The minimum Gasteiger partial charge on any atom is -0.207 e. The monoisotopic (exact) mass is 514 g/mol. The molecule has 0 N–H and O–H groups in total. The average molecular weight is 515 g/mol. The van der Waals surface area contributed by atoms with Crippen molar-refractivity contribution in [2.45, 2.75) is 128 Å². The first kappa shape index (κ1) is 28.2. The Kier molecular flexibility index (Phi) is 8.16. The van der Waals surface area contributed by atoms with Crippen LogP contribution in [0.1, 0.15) is 93.1 Å². The van der Waals surface area contributed by atoms with Crippen LogP contribution in [0.15, 0.2) is 39.9 Å². The Morgan fingerprint density at radius 3 is 1.89 bits per heavy atom. The largest absolute Gasteiger partial charge is 0.244 e. The third-order valence-electron chi connectivity index (χ3n) is 9.41. The lowest BCUT2D eigenvalue weighted by Gasteiger charge is -2.48. The maximum atomic E-state index is 14.3. The lowest BCUT2D eigenvalue weighted by molar-refractivity contribution is 0.174. The summed E-state index contributed by atoms with van der Waals surface area (Å²) >= 11 is 0. The minimum atomic E-state index is -3.72. The van der Waals surface area contributed by atoms with E-state index in [1.165, 1.54) is 5.57 Å². The zero-order valence-electron chi connectivity index (χ0n) is 23.4. The van der Waals surface area contributed by atoms with Crippen LogP contribution in [0.2, 0.25) is 16.6 Å². The molecule has 194 valence electrons. The van der Waals surface area contributed by atoms with Crippen LogP contribution in [0.3, 0.4) is 0 Å². The number of allylic oxidation sites excluding steroid dienone is 1. The highest BCUT2D eigenvalue weighted by atomic mass is 32.2. The van der Waals surface area contributed by atoms with E-state index < -0.39 is 23.6 Å². The van der Waals surface area contributed by atoms with Gasteiger partial charge in [-0.1, -0.05) is 85.4 Å². The van der Waals surface area contributed by atoms with E-state index in [0.29, 0.717) is 21.5 Å². The van der Waals surface area contributed by atoms with Gasteiger partial charge in [-0.3, -0.25) is 0 Å². The number of hydrogen-bond donors (Lipinski definition) is 0. The van der Waals surface area contributed by atoms with Crippen molar-refractivity contribution < 1.29 is 8.42 Å². The molecule has 0 bridgehead atoms. The van der Waals surface area contributed by atoms with Gasteiger partial charge in [0.05, 0.1) is 16.5 Å². The van der Waals surface area contributed by atoms with Gasteiger partial charge in [0.2, 0.25) is 10.0 Å². The molecule has 0 radical (unpaired) electrons. The van der Waals surface area contributed by atoms with E-state index in [4.69, 9.17) is 0 Å². The summed E-state index contributed by atoms with van der Waals surface area (Å²) in [6.07, 6.45) is 4.75. The molecule has 2 fully saturated rings. The van der Waals surface area contributed by atoms with E-state index in [1.54, 1.807) is 12.1 Å². The summed E-state index contributed by atoms with van der Waals surface area (Å²) in [5.74, 6) is 0.0195. The van der Waals surface area contributed by atoms with Crippen LogP contribution in [0.25, 0.3) is 0 Å². The molecule has 35 heavy (non-hydrogen) atoms. The van der Waals surface area contributed by atoms with Gasteiger partial charge in [-0.25, -0.2) is 8.42 Å². The molecule has 1 aliphatic heterocycles. The Balaban J connectivity index is 2.40. The van der Waals surface area contributed by atoms with E-state index in [-0.39, 0.29) is 12.0 Å². The summed E-state index contributed by atoms with van der Waals surface area (Å²) in [4.78, 5) is 0.368. The maximum Gasteiger partial charge on any atom is 0.244 e. The quantitative estimate of drug-likeness (QED) is 0.288. The molecular formula is C29H46N2O2SSi. The molecular weight excluding hydrogens is 468 g/mol. The zero-order valence-corrected chi connectivity index (χ0v) is 25.2. The minimum absolute atomic E-state index is 0.0195. The molecule has 1 saturated carbocycles. The van der Waals surface area contributed by atoms with Gasteiger partial charge < -0.3 is 0 Å². The van der Waals surface area contributed by atoms with Gasteiger partial charge in [-0.05, 0) is 66.9 Å². The van der Waals surface area contributed by atoms with Crippen LogP contribution in [-0.4, -0.2) is 32.4 Å². The topological polar surface area (TPSA) is 61.2 Å². The first-order valence-corrected chi connectivity index (χ1v) is 17.2. The van der Waals surface area contributed by atoms with Crippen LogP contribution < -0.4 is 0 Å². The van der Waals surface area contributed by atoms with Crippen molar-refractivity contribution in [1.82, 2.24) is 4.31 Å². The molecule has 2 atom stereocenters. The molecule has 2 aliphatic rings. The smallest absolute Gasteiger partial charge is 0.207 e. The summed E-state index contributed by atoms with van der Waals surface area (Å²) in [7, 11) is -6.00. The van der Waals surface area contributed by atoms with Crippen LogP contribution in [0.5, 0.6) is 0 Å². The number of rotatable bonds is 6. The highest BCUT2D eigenvalue weighted by Crippen LogP contribution is 2.57. The molecule has 0 aromatic heterocycles. The molecule has 0 unspecified atom stereocenters. The third-order valence-corrected chi connectivity index (χ3v) is 18.5. The van der Waals surface area contributed by atoms with Crippen LogP contribution in [0, 0.1) is 24.2 Å². The van der Waals surface area contributed by atoms with Gasteiger partial charge in [0, 0.05) is 11.2 Å². The lowest BCUT2D eigenvalue weighted by Crippen LogP contribution is -2.54. The van der Waals surface area contributed by atoms with Crippen molar-refractivity contribution in [2.24, 2.45) is 5.92 Å². The summed E-state index contributed by atoms with van der Waals surface area (Å²) in [5.41, 5.74) is 2.82. The van der Waals surface area contributed by atoms with Crippen molar-refractivity contribution in [1.29, 1.82) is 5.26 Å². The van der Waals surface area contributed by atoms with Gasteiger partial charge >= 0.3 is 0 Å². The number of hydrogen-bond acceptors (Lipinski definition) is 3. The standard InChI is InChI=1S/C29H46N2O2SSi/c1-20(2)35(21(3)4,22(5)6)27(19-30)28-24(8)25(9)31(29(28)17-11-10-12-18-29)34(32,33)26-15-13-23(7)14-16-26/h13-16,20-22,24-25H,10-12,17-18H2,1-9H3/b28-27+/t24-,25-/m0/s1. The molecule has 1 saturated heterocycles. The summed E-state index contributed by atoms with van der Waals surface area (Å²) < 4.78 is 30.5. The molecule has 3 rings (SSSR count). The molecule has 4 nitrogen and oxygen atoms in total. The molecule has 0 amide bonds. The normalized spacial score (nSPS) is 25.0. The molecule has 1 aliphatic carbocycles.